The molecule has 2 nitrogen and oxygen atoms in total. The van der Waals surface area contributed by atoms with Gasteiger partial charge < -0.3 is 11.5 Å². The van der Waals surface area contributed by atoms with Gasteiger partial charge in [-0.05, 0) is 41.8 Å². The molecule has 0 unspecified atom stereocenters. The van der Waals surface area contributed by atoms with Gasteiger partial charge in [-0.2, -0.15) is 0 Å². The van der Waals surface area contributed by atoms with Gasteiger partial charge in [0, 0.05) is 11.4 Å². The Bertz CT molecular complexity index is 447. The first-order valence-electron chi connectivity index (χ1n) is 6.93. The standard InChI is InChI=1S/C13H14N2.2C2H6/c14-12-6-4-10(5-7-12)8-11-2-1-3-13(15)9-11;2*1-2/h1-7,9H,8,14-15H2;2*1-2H3. The second-order valence-corrected chi connectivity index (χ2v) is 3.66. The molecule has 0 radical (unpaired) electrons. The lowest BCUT2D eigenvalue weighted by atomic mass is 10.0. The van der Waals surface area contributed by atoms with E-state index in [1.807, 2.05) is 70.2 Å². The van der Waals surface area contributed by atoms with E-state index in [-0.39, 0.29) is 0 Å². The second kappa shape index (κ2) is 10.0. The highest BCUT2D eigenvalue weighted by Crippen LogP contribution is 2.13. The summed E-state index contributed by atoms with van der Waals surface area (Å²) in [5.74, 6) is 0. The van der Waals surface area contributed by atoms with Crippen molar-refractivity contribution >= 4 is 11.4 Å². The van der Waals surface area contributed by atoms with Crippen LogP contribution in [-0.4, -0.2) is 0 Å². The van der Waals surface area contributed by atoms with E-state index >= 15 is 0 Å². The fourth-order valence-electron chi connectivity index (χ4n) is 1.57. The third kappa shape index (κ3) is 6.51. The predicted octanol–water partition coefficient (Wildman–Crippen LogP) is 4.49. The van der Waals surface area contributed by atoms with Crippen molar-refractivity contribution in [3.63, 3.8) is 0 Å². The third-order valence-electron chi connectivity index (χ3n) is 2.34. The van der Waals surface area contributed by atoms with Gasteiger partial charge in [0.2, 0.25) is 0 Å². The summed E-state index contributed by atoms with van der Waals surface area (Å²) >= 11 is 0. The summed E-state index contributed by atoms with van der Waals surface area (Å²) in [6.45, 7) is 8.00. The Balaban J connectivity index is 0.000000741. The average molecular weight is 258 g/mol. The van der Waals surface area contributed by atoms with E-state index in [4.69, 9.17) is 11.5 Å². The van der Waals surface area contributed by atoms with Crippen LogP contribution in [0.15, 0.2) is 48.5 Å². The molecule has 0 fully saturated rings. The Hall–Kier alpha value is -1.96. The van der Waals surface area contributed by atoms with Gasteiger partial charge in [-0.1, -0.05) is 52.0 Å². The van der Waals surface area contributed by atoms with Gasteiger partial charge in [0.25, 0.3) is 0 Å². The molecule has 0 atom stereocenters. The van der Waals surface area contributed by atoms with Crippen molar-refractivity contribution in [2.75, 3.05) is 11.5 Å². The lowest BCUT2D eigenvalue weighted by molar-refractivity contribution is 1.20. The smallest absolute Gasteiger partial charge is 0.0316 e. The molecule has 0 amide bonds. The van der Waals surface area contributed by atoms with Crippen LogP contribution in [-0.2, 0) is 6.42 Å². The highest BCUT2D eigenvalue weighted by molar-refractivity contribution is 5.44. The molecule has 2 aromatic rings. The lowest BCUT2D eigenvalue weighted by Crippen LogP contribution is -1.91. The van der Waals surface area contributed by atoms with Crippen molar-refractivity contribution < 1.29 is 0 Å². The second-order valence-electron chi connectivity index (χ2n) is 3.66. The Morgan fingerprint density at radius 1 is 0.684 bits per heavy atom. The summed E-state index contributed by atoms with van der Waals surface area (Å²) in [5, 5.41) is 0. The van der Waals surface area contributed by atoms with Crippen LogP contribution in [0, 0.1) is 0 Å². The van der Waals surface area contributed by atoms with Crippen LogP contribution in [0.2, 0.25) is 0 Å². The maximum Gasteiger partial charge on any atom is 0.0316 e. The predicted molar refractivity (Wildman–Crippen MR) is 87.2 cm³/mol. The summed E-state index contributed by atoms with van der Waals surface area (Å²) < 4.78 is 0. The van der Waals surface area contributed by atoms with Crippen LogP contribution in [0.3, 0.4) is 0 Å². The quantitative estimate of drug-likeness (QED) is 0.779. The first-order chi connectivity index (χ1) is 9.24. The van der Waals surface area contributed by atoms with Crippen molar-refractivity contribution in [1.29, 1.82) is 0 Å². The zero-order valence-electron chi connectivity index (χ0n) is 12.5. The molecule has 0 aliphatic rings. The Morgan fingerprint density at radius 3 is 1.79 bits per heavy atom. The number of hydrogen-bond donors (Lipinski definition) is 2. The minimum atomic E-state index is 0.798. The molecule has 2 aromatic carbocycles. The summed E-state index contributed by atoms with van der Waals surface area (Å²) in [4.78, 5) is 0. The van der Waals surface area contributed by atoms with Gasteiger partial charge in [0.05, 0.1) is 0 Å². The SMILES string of the molecule is CC.CC.Nc1ccc(Cc2cccc(N)c2)cc1. The zero-order valence-corrected chi connectivity index (χ0v) is 12.5. The first-order valence-corrected chi connectivity index (χ1v) is 6.93. The molecule has 0 saturated carbocycles. The van der Waals surface area contributed by atoms with Gasteiger partial charge >= 0.3 is 0 Å². The van der Waals surface area contributed by atoms with Crippen LogP contribution in [0.5, 0.6) is 0 Å². The molecule has 2 heteroatoms. The molecule has 2 rings (SSSR count). The zero-order chi connectivity index (χ0) is 14.7. The molecule has 0 saturated heterocycles. The van der Waals surface area contributed by atoms with E-state index in [0.717, 1.165) is 17.8 Å². The van der Waals surface area contributed by atoms with Crippen LogP contribution in [0.4, 0.5) is 11.4 Å². The number of hydrogen-bond acceptors (Lipinski definition) is 2. The minimum absolute atomic E-state index is 0.798. The lowest BCUT2D eigenvalue weighted by Gasteiger charge is -2.03. The summed E-state index contributed by atoms with van der Waals surface area (Å²) in [6.07, 6.45) is 0.894. The van der Waals surface area contributed by atoms with Gasteiger partial charge in [-0.25, -0.2) is 0 Å². The Kier molecular flexibility index (Phi) is 8.98. The molecule has 0 bridgehead atoms. The van der Waals surface area contributed by atoms with E-state index in [9.17, 15) is 0 Å². The molecule has 4 N–H and O–H groups in total. The molecule has 0 aromatic heterocycles. The van der Waals surface area contributed by atoms with Crippen molar-refractivity contribution in [2.45, 2.75) is 34.1 Å². The largest absolute Gasteiger partial charge is 0.399 e. The fraction of sp³-hybridized carbons (Fsp3) is 0.294. The average Bonchev–Trinajstić information content (AvgIpc) is 2.46. The summed E-state index contributed by atoms with van der Waals surface area (Å²) in [5.41, 5.74) is 15.4. The van der Waals surface area contributed by atoms with Gasteiger partial charge in [-0.3, -0.25) is 0 Å². The van der Waals surface area contributed by atoms with E-state index in [1.165, 1.54) is 11.1 Å². The van der Waals surface area contributed by atoms with Crippen molar-refractivity contribution in [1.82, 2.24) is 0 Å². The number of benzene rings is 2. The van der Waals surface area contributed by atoms with E-state index < -0.39 is 0 Å². The molecule has 0 aliphatic heterocycles. The Labute approximate surface area is 117 Å². The van der Waals surface area contributed by atoms with Crippen molar-refractivity contribution in [2.24, 2.45) is 0 Å². The molecular weight excluding hydrogens is 232 g/mol. The Morgan fingerprint density at radius 2 is 1.26 bits per heavy atom. The van der Waals surface area contributed by atoms with E-state index in [0.29, 0.717) is 0 Å². The highest BCUT2D eigenvalue weighted by Gasteiger charge is 1.96. The van der Waals surface area contributed by atoms with Crippen molar-refractivity contribution in [3.8, 4) is 0 Å². The maximum atomic E-state index is 5.72. The number of nitrogen functional groups attached to an aromatic ring is 2. The highest BCUT2D eigenvalue weighted by atomic mass is 14.5. The molecule has 0 aliphatic carbocycles. The molecule has 104 valence electrons. The summed E-state index contributed by atoms with van der Waals surface area (Å²) in [7, 11) is 0. The third-order valence-corrected chi connectivity index (χ3v) is 2.34. The van der Waals surface area contributed by atoms with Gasteiger partial charge in [0.1, 0.15) is 0 Å². The molecular formula is C17H26N2. The van der Waals surface area contributed by atoms with Crippen LogP contribution in [0.1, 0.15) is 38.8 Å². The molecule has 0 heterocycles. The number of nitrogens with two attached hydrogens (primary N) is 2. The van der Waals surface area contributed by atoms with E-state index in [1.54, 1.807) is 0 Å². The molecule has 19 heavy (non-hydrogen) atoms. The van der Waals surface area contributed by atoms with Gasteiger partial charge in [0.15, 0.2) is 0 Å². The fourth-order valence-corrected chi connectivity index (χ4v) is 1.57. The maximum absolute atomic E-state index is 5.72. The van der Waals surface area contributed by atoms with Crippen molar-refractivity contribution in [3.05, 3.63) is 59.7 Å². The van der Waals surface area contributed by atoms with Gasteiger partial charge in [-0.15, -0.1) is 0 Å². The number of anilines is 2. The summed E-state index contributed by atoms with van der Waals surface area (Å²) in [6, 6.07) is 15.9. The van der Waals surface area contributed by atoms with Crippen LogP contribution < -0.4 is 11.5 Å². The minimum Gasteiger partial charge on any atom is -0.399 e. The monoisotopic (exact) mass is 258 g/mol. The number of rotatable bonds is 2. The topological polar surface area (TPSA) is 52.0 Å². The van der Waals surface area contributed by atoms with Crippen LogP contribution in [0.25, 0.3) is 0 Å². The normalized spacial score (nSPS) is 8.63. The van der Waals surface area contributed by atoms with Crippen LogP contribution >= 0.6 is 0 Å². The first kappa shape index (κ1) is 17.0. The van der Waals surface area contributed by atoms with E-state index in [2.05, 4.69) is 6.07 Å². The molecule has 0 spiro atoms.